The Labute approximate surface area is 157 Å². The number of benzene rings is 1. The highest BCUT2D eigenvalue weighted by molar-refractivity contribution is 5.75. The molecule has 0 unspecified atom stereocenters. The van der Waals surface area contributed by atoms with Crippen molar-refractivity contribution in [2.75, 3.05) is 0 Å². The molecular weight excluding hydrogens is 362 g/mol. The molecule has 138 valence electrons. The van der Waals surface area contributed by atoms with Gasteiger partial charge in [-0.05, 0) is 29.8 Å². The molecule has 1 aromatic carbocycles. The van der Waals surface area contributed by atoms with E-state index in [0.29, 0.717) is 5.56 Å². The lowest BCUT2D eigenvalue weighted by atomic mass is 10.2. The van der Waals surface area contributed by atoms with Gasteiger partial charge in [-0.2, -0.15) is 0 Å². The van der Waals surface area contributed by atoms with Gasteiger partial charge >= 0.3 is 5.69 Å². The molecule has 0 spiro atoms. The molecule has 3 heterocycles. The maximum atomic E-state index is 13.2. The molecule has 4 rings (SSSR count). The number of rotatable bonds is 4. The molecule has 0 saturated carbocycles. The van der Waals surface area contributed by atoms with Crippen LogP contribution in [0.5, 0.6) is 0 Å². The first-order chi connectivity index (χ1) is 13.6. The molecule has 0 aliphatic rings. The van der Waals surface area contributed by atoms with E-state index in [-0.39, 0.29) is 29.0 Å². The average molecular weight is 375 g/mol. The first-order valence-corrected chi connectivity index (χ1v) is 8.30. The number of nitrogens with zero attached hydrogens (tertiary/aromatic N) is 5. The molecule has 0 radical (unpaired) electrons. The van der Waals surface area contributed by atoms with Crippen molar-refractivity contribution in [3.63, 3.8) is 0 Å². The van der Waals surface area contributed by atoms with Crippen LogP contribution in [0.4, 0.5) is 5.69 Å². The van der Waals surface area contributed by atoms with E-state index in [9.17, 15) is 19.7 Å². The van der Waals surface area contributed by atoms with Crippen LogP contribution in [0.25, 0.3) is 16.7 Å². The van der Waals surface area contributed by atoms with Crippen LogP contribution < -0.4 is 11.2 Å². The Morgan fingerprint density at radius 2 is 1.86 bits per heavy atom. The SMILES string of the molecule is O=c1c2cccnc2n(-c2cccc([N+](=O)[O-])c2)c(=O)n1Cc1cccnc1. The number of fused-ring (bicyclic) bond motifs is 1. The Morgan fingerprint density at radius 1 is 1.04 bits per heavy atom. The Morgan fingerprint density at radius 3 is 2.61 bits per heavy atom. The second kappa shape index (κ2) is 6.88. The summed E-state index contributed by atoms with van der Waals surface area (Å²) in [6.45, 7) is 0.0191. The zero-order chi connectivity index (χ0) is 19.7. The molecule has 9 nitrogen and oxygen atoms in total. The second-order valence-corrected chi connectivity index (χ2v) is 6.02. The lowest BCUT2D eigenvalue weighted by molar-refractivity contribution is -0.384. The Kier molecular flexibility index (Phi) is 4.24. The lowest BCUT2D eigenvalue weighted by Gasteiger charge is -2.13. The zero-order valence-electron chi connectivity index (χ0n) is 14.4. The topological polar surface area (TPSA) is 113 Å². The number of hydrogen-bond donors (Lipinski definition) is 0. The van der Waals surface area contributed by atoms with Gasteiger partial charge in [0.1, 0.15) is 0 Å². The fourth-order valence-electron chi connectivity index (χ4n) is 2.98. The van der Waals surface area contributed by atoms with Crippen LogP contribution in [0.15, 0.2) is 76.7 Å². The smallest absolute Gasteiger partial charge is 0.268 e. The highest BCUT2D eigenvalue weighted by Crippen LogP contribution is 2.18. The standard InChI is InChI=1S/C19H13N5O4/c25-18-16-7-3-9-21-17(16)23(14-5-1-6-15(10-14)24(27)28)19(26)22(18)12-13-4-2-8-20-11-13/h1-11H,12H2. The van der Waals surface area contributed by atoms with Crippen molar-refractivity contribution >= 4 is 16.7 Å². The van der Waals surface area contributed by atoms with Gasteiger partial charge in [0.15, 0.2) is 5.65 Å². The quantitative estimate of drug-likeness (QED) is 0.398. The van der Waals surface area contributed by atoms with E-state index < -0.39 is 16.2 Å². The summed E-state index contributed by atoms with van der Waals surface area (Å²) in [6, 6.07) is 12.3. The summed E-state index contributed by atoms with van der Waals surface area (Å²) in [5.41, 5.74) is -0.225. The van der Waals surface area contributed by atoms with Crippen LogP contribution in [-0.4, -0.2) is 24.0 Å². The minimum Gasteiger partial charge on any atom is -0.268 e. The van der Waals surface area contributed by atoms with Crippen LogP contribution in [0.3, 0.4) is 0 Å². The van der Waals surface area contributed by atoms with Crippen LogP contribution in [0, 0.1) is 10.1 Å². The minimum atomic E-state index is -0.638. The van der Waals surface area contributed by atoms with Crippen molar-refractivity contribution in [1.82, 2.24) is 19.1 Å². The number of hydrogen-bond acceptors (Lipinski definition) is 6. The first-order valence-electron chi connectivity index (χ1n) is 8.30. The molecule has 3 aromatic heterocycles. The van der Waals surface area contributed by atoms with Crippen LogP contribution in [0.1, 0.15) is 5.56 Å². The number of nitro benzene ring substituents is 1. The summed E-state index contributed by atoms with van der Waals surface area (Å²) in [5, 5.41) is 11.4. The third-order valence-electron chi connectivity index (χ3n) is 4.26. The number of pyridine rings is 2. The Hall–Kier alpha value is -4.14. The summed E-state index contributed by atoms with van der Waals surface area (Å²) in [7, 11) is 0. The summed E-state index contributed by atoms with van der Waals surface area (Å²) in [6.07, 6.45) is 4.62. The molecule has 0 bridgehead atoms. The van der Waals surface area contributed by atoms with Crippen LogP contribution in [-0.2, 0) is 6.54 Å². The number of aromatic nitrogens is 4. The van der Waals surface area contributed by atoms with Crippen molar-refractivity contribution in [3.8, 4) is 5.69 Å². The van der Waals surface area contributed by atoms with Gasteiger partial charge in [-0.1, -0.05) is 12.1 Å². The monoisotopic (exact) mass is 375 g/mol. The largest absolute Gasteiger partial charge is 0.337 e. The molecule has 0 aliphatic carbocycles. The van der Waals surface area contributed by atoms with E-state index in [2.05, 4.69) is 9.97 Å². The maximum Gasteiger partial charge on any atom is 0.337 e. The van der Waals surface area contributed by atoms with Gasteiger partial charge in [0, 0.05) is 30.7 Å². The van der Waals surface area contributed by atoms with Crippen molar-refractivity contribution in [2.45, 2.75) is 6.54 Å². The van der Waals surface area contributed by atoms with Crippen LogP contribution in [0.2, 0.25) is 0 Å². The molecule has 9 heteroatoms. The molecule has 0 atom stereocenters. The minimum absolute atomic E-state index is 0.0191. The van der Waals surface area contributed by atoms with E-state index in [4.69, 9.17) is 0 Å². The number of nitro groups is 1. The van der Waals surface area contributed by atoms with Gasteiger partial charge in [-0.3, -0.25) is 24.5 Å². The fraction of sp³-hybridized carbons (Fsp3) is 0.0526. The molecule has 0 fully saturated rings. The maximum absolute atomic E-state index is 13.2. The van der Waals surface area contributed by atoms with Crippen molar-refractivity contribution in [2.24, 2.45) is 0 Å². The summed E-state index contributed by atoms with van der Waals surface area (Å²) in [5.74, 6) is 0. The summed E-state index contributed by atoms with van der Waals surface area (Å²) < 4.78 is 2.28. The van der Waals surface area contributed by atoms with E-state index in [1.807, 2.05) is 0 Å². The first kappa shape index (κ1) is 17.3. The summed E-state index contributed by atoms with van der Waals surface area (Å²) >= 11 is 0. The third-order valence-corrected chi connectivity index (χ3v) is 4.26. The Bertz CT molecular complexity index is 1310. The van der Waals surface area contributed by atoms with E-state index in [0.717, 1.165) is 4.57 Å². The summed E-state index contributed by atoms with van der Waals surface area (Å²) in [4.78, 5) is 44.8. The molecular formula is C19H13N5O4. The van der Waals surface area contributed by atoms with Crippen molar-refractivity contribution in [1.29, 1.82) is 0 Å². The molecule has 0 aliphatic heterocycles. The van der Waals surface area contributed by atoms with E-state index in [1.54, 1.807) is 42.7 Å². The van der Waals surface area contributed by atoms with Crippen molar-refractivity contribution < 1.29 is 4.92 Å². The normalized spacial score (nSPS) is 10.9. The molecule has 0 amide bonds. The lowest BCUT2D eigenvalue weighted by Crippen LogP contribution is -2.40. The van der Waals surface area contributed by atoms with Crippen molar-refractivity contribution in [3.05, 3.63) is 104 Å². The number of non-ortho nitro benzene ring substituents is 1. The van der Waals surface area contributed by atoms with Gasteiger partial charge in [0.2, 0.25) is 0 Å². The molecule has 28 heavy (non-hydrogen) atoms. The molecule has 4 aromatic rings. The predicted molar refractivity (Wildman–Crippen MR) is 102 cm³/mol. The van der Waals surface area contributed by atoms with Gasteiger partial charge < -0.3 is 0 Å². The zero-order valence-corrected chi connectivity index (χ0v) is 14.4. The van der Waals surface area contributed by atoms with E-state index >= 15 is 0 Å². The van der Waals surface area contributed by atoms with Gasteiger partial charge in [-0.15, -0.1) is 0 Å². The van der Waals surface area contributed by atoms with Gasteiger partial charge in [0.25, 0.3) is 11.2 Å². The molecule has 0 N–H and O–H groups in total. The third kappa shape index (κ3) is 2.94. The van der Waals surface area contributed by atoms with Gasteiger partial charge in [-0.25, -0.2) is 14.3 Å². The van der Waals surface area contributed by atoms with Gasteiger partial charge in [0.05, 0.1) is 22.5 Å². The fourth-order valence-corrected chi connectivity index (χ4v) is 2.98. The highest BCUT2D eigenvalue weighted by Gasteiger charge is 2.17. The van der Waals surface area contributed by atoms with Crippen LogP contribution >= 0.6 is 0 Å². The Balaban J connectivity index is 2.03. The predicted octanol–water partition coefficient (Wildman–Crippen LogP) is 1.90. The highest BCUT2D eigenvalue weighted by atomic mass is 16.6. The average Bonchev–Trinajstić information content (AvgIpc) is 2.72. The second-order valence-electron chi connectivity index (χ2n) is 6.02. The van der Waals surface area contributed by atoms with E-state index in [1.165, 1.54) is 29.0 Å². The molecule has 0 saturated heterocycles.